The Balaban J connectivity index is 1.41. The third kappa shape index (κ3) is 4.60. The molecule has 2 amide bonds. The van der Waals surface area contributed by atoms with Crippen molar-refractivity contribution in [3.63, 3.8) is 0 Å². The van der Waals surface area contributed by atoms with E-state index in [1.54, 1.807) is 31.3 Å². The highest BCUT2D eigenvalue weighted by atomic mass is 35.5. The molecule has 188 valence electrons. The van der Waals surface area contributed by atoms with Crippen molar-refractivity contribution < 1.29 is 9.59 Å². The number of rotatable bonds is 4. The van der Waals surface area contributed by atoms with E-state index in [4.69, 9.17) is 16.6 Å². The number of carbonyl (C=O) groups excluding carboxylic acids is 2. The highest BCUT2D eigenvalue weighted by molar-refractivity contribution is 6.31. The van der Waals surface area contributed by atoms with Gasteiger partial charge in [-0.3, -0.25) is 14.5 Å². The summed E-state index contributed by atoms with van der Waals surface area (Å²) in [6.45, 7) is 7.76. The standard InChI is InChI=1S/C28H32ClN5O2/c1-19-10-11-20(2)23(17-19)32-13-15-33(16-14-32)28(36)25-26(30-24-9-4-5-12-34(24)25)31(3)27(35)21-7-6-8-22(29)18-21/h6-8,10-11,17-18H,4-5,9,12-16H2,1-3H3. The number of aryl methyl sites for hydroxylation is 3. The molecule has 1 fully saturated rings. The smallest absolute Gasteiger partial charge is 0.274 e. The molecule has 5 rings (SSSR count). The number of anilines is 2. The molecule has 2 aliphatic heterocycles. The molecule has 36 heavy (non-hydrogen) atoms. The summed E-state index contributed by atoms with van der Waals surface area (Å²) >= 11 is 6.12. The van der Waals surface area contributed by atoms with Gasteiger partial charge in [0.15, 0.2) is 11.5 Å². The first kappa shape index (κ1) is 24.4. The Kier molecular flexibility index (Phi) is 6.75. The average Bonchev–Trinajstić information content (AvgIpc) is 3.28. The minimum absolute atomic E-state index is 0.0583. The zero-order valence-corrected chi connectivity index (χ0v) is 21.9. The Morgan fingerprint density at radius 1 is 0.972 bits per heavy atom. The lowest BCUT2D eigenvalue weighted by Gasteiger charge is -2.37. The normalized spacial score (nSPS) is 15.6. The minimum Gasteiger partial charge on any atom is -0.368 e. The number of fused-ring (bicyclic) bond motifs is 1. The van der Waals surface area contributed by atoms with Crippen molar-refractivity contribution >= 4 is 34.9 Å². The predicted molar refractivity (Wildman–Crippen MR) is 143 cm³/mol. The molecule has 0 unspecified atom stereocenters. The second-order valence-electron chi connectivity index (χ2n) is 9.75. The van der Waals surface area contributed by atoms with E-state index in [0.717, 1.165) is 44.7 Å². The number of hydrogen-bond donors (Lipinski definition) is 0. The van der Waals surface area contributed by atoms with Crippen molar-refractivity contribution in [2.45, 2.75) is 39.7 Å². The summed E-state index contributed by atoms with van der Waals surface area (Å²) < 4.78 is 2.03. The van der Waals surface area contributed by atoms with Crippen molar-refractivity contribution in [2.24, 2.45) is 0 Å². The number of imidazole rings is 1. The van der Waals surface area contributed by atoms with E-state index in [2.05, 4.69) is 36.9 Å². The molecule has 1 saturated heterocycles. The quantitative estimate of drug-likeness (QED) is 0.514. The third-order valence-electron chi connectivity index (χ3n) is 7.23. The lowest BCUT2D eigenvalue weighted by Crippen LogP contribution is -2.49. The highest BCUT2D eigenvalue weighted by Gasteiger charge is 2.33. The lowest BCUT2D eigenvalue weighted by atomic mass is 10.1. The van der Waals surface area contributed by atoms with Gasteiger partial charge in [-0.05, 0) is 62.1 Å². The van der Waals surface area contributed by atoms with Crippen LogP contribution in [0.25, 0.3) is 0 Å². The van der Waals surface area contributed by atoms with Gasteiger partial charge in [0, 0.05) is 62.5 Å². The van der Waals surface area contributed by atoms with Gasteiger partial charge in [-0.2, -0.15) is 0 Å². The van der Waals surface area contributed by atoms with Crippen LogP contribution in [-0.2, 0) is 13.0 Å². The Morgan fingerprint density at radius 2 is 1.75 bits per heavy atom. The van der Waals surface area contributed by atoms with Crippen LogP contribution in [0.1, 0.15) is 50.6 Å². The Labute approximate surface area is 217 Å². The van der Waals surface area contributed by atoms with Crippen molar-refractivity contribution in [3.05, 3.63) is 75.7 Å². The van der Waals surface area contributed by atoms with Crippen LogP contribution in [0.3, 0.4) is 0 Å². The number of hydrogen-bond acceptors (Lipinski definition) is 4. The predicted octanol–water partition coefficient (Wildman–Crippen LogP) is 4.73. The van der Waals surface area contributed by atoms with Crippen molar-refractivity contribution in [2.75, 3.05) is 43.0 Å². The van der Waals surface area contributed by atoms with Crippen LogP contribution in [0, 0.1) is 13.8 Å². The Bertz CT molecular complexity index is 1310. The fourth-order valence-corrected chi connectivity index (χ4v) is 5.38. The van der Waals surface area contributed by atoms with E-state index in [-0.39, 0.29) is 11.8 Å². The van der Waals surface area contributed by atoms with Crippen molar-refractivity contribution in [1.29, 1.82) is 0 Å². The minimum atomic E-state index is -0.235. The summed E-state index contributed by atoms with van der Waals surface area (Å²) in [5.74, 6) is 1.01. The zero-order chi connectivity index (χ0) is 25.4. The molecule has 2 aliphatic rings. The van der Waals surface area contributed by atoms with Crippen LogP contribution in [0.2, 0.25) is 5.02 Å². The van der Waals surface area contributed by atoms with E-state index in [1.165, 1.54) is 21.7 Å². The molecular weight excluding hydrogens is 474 g/mol. The van der Waals surface area contributed by atoms with Crippen LogP contribution in [0.5, 0.6) is 0 Å². The van der Waals surface area contributed by atoms with Gasteiger partial charge >= 0.3 is 0 Å². The Hall–Kier alpha value is -3.32. The summed E-state index contributed by atoms with van der Waals surface area (Å²) in [4.78, 5) is 37.8. The summed E-state index contributed by atoms with van der Waals surface area (Å²) in [6, 6.07) is 13.4. The van der Waals surface area contributed by atoms with E-state index in [1.807, 2.05) is 9.47 Å². The molecule has 3 heterocycles. The maximum atomic E-state index is 13.9. The number of carbonyl (C=O) groups is 2. The van der Waals surface area contributed by atoms with E-state index in [9.17, 15) is 9.59 Å². The van der Waals surface area contributed by atoms with Gasteiger partial charge in [-0.25, -0.2) is 4.98 Å². The van der Waals surface area contributed by atoms with Gasteiger partial charge in [0.1, 0.15) is 5.82 Å². The molecule has 1 aromatic heterocycles. The van der Waals surface area contributed by atoms with Crippen LogP contribution in [0.4, 0.5) is 11.5 Å². The largest absolute Gasteiger partial charge is 0.368 e. The number of benzene rings is 2. The van der Waals surface area contributed by atoms with E-state index in [0.29, 0.717) is 35.2 Å². The van der Waals surface area contributed by atoms with Gasteiger partial charge in [-0.1, -0.05) is 29.8 Å². The second-order valence-corrected chi connectivity index (χ2v) is 10.2. The summed E-state index contributed by atoms with van der Waals surface area (Å²) in [7, 11) is 1.69. The molecule has 0 atom stereocenters. The summed E-state index contributed by atoms with van der Waals surface area (Å²) in [5, 5.41) is 0.497. The van der Waals surface area contributed by atoms with Crippen LogP contribution in [0.15, 0.2) is 42.5 Å². The first-order valence-electron chi connectivity index (χ1n) is 12.6. The second kappa shape index (κ2) is 9.97. The van der Waals surface area contributed by atoms with Gasteiger partial charge in [0.05, 0.1) is 0 Å². The van der Waals surface area contributed by atoms with Gasteiger partial charge in [0.2, 0.25) is 0 Å². The first-order chi connectivity index (χ1) is 17.3. The molecule has 0 saturated carbocycles. The maximum Gasteiger partial charge on any atom is 0.274 e. The van der Waals surface area contributed by atoms with Crippen molar-refractivity contribution in [3.8, 4) is 0 Å². The number of piperazine rings is 1. The average molecular weight is 506 g/mol. The van der Waals surface area contributed by atoms with Crippen LogP contribution >= 0.6 is 11.6 Å². The molecule has 0 bridgehead atoms. The van der Waals surface area contributed by atoms with E-state index >= 15 is 0 Å². The van der Waals surface area contributed by atoms with Gasteiger partial charge in [0.25, 0.3) is 11.8 Å². The van der Waals surface area contributed by atoms with Crippen LogP contribution in [-0.4, -0.2) is 59.5 Å². The summed E-state index contributed by atoms with van der Waals surface area (Å²) in [5.41, 5.74) is 4.70. The number of amides is 2. The van der Waals surface area contributed by atoms with Crippen molar-refractivity contribution in [1.82, 2.24) is 14.5 Å². The van der Waals surface area contributed by atoms with Gasteiger partial charge < -0.3 is 14.4 Å². The Morgan fingerprint density at radius 3 is 2.50 bits per heavy atom. The number of nitrogens with zero attached hydrogens (tertiary/aromatic N) is 5. The zero-order valence-electron chi connectivity index (χ0n) is 21.1. The summed E-state index contributed by atoms with van der Waals surface area (Å²) in [6.07, 6.45) is 2.83. The number of aromatic nitrogens is 2. The van der Waals surface area contributed by atoms with Gasteiger partial charge in [-0.15, -0.1) is 0 Å². The molecule has 3 aromatic rings. The third-order valence-corrected chi connectivity index (χ3v) is 7.46. The molecule has 7 nitrogen and oxygen atoms in total. The lowest BCUT2D eigenvalue weighted by molar-refractivity contribution is 0.0735. The molecular formula is C28H32ClN5O2. The first-order valence-corrected chi connectivity index (χ1v) is 13.0. The van der Waals surface area contributed by atoms with Crippen LogP contribution < -0.4 is 9.80 Å². The highest BCUT2D eigenvalue weighted by Crippen LogP contribution is 2.29. The SMILES string of the molecule is Cc1ccc(C)c(N2CCN(C(=O)c3c(N(C)C(=O)c4cccc(Cl)c4)nc4n3CCCC4)CC2)c1. The fourth-order valence-electron chi connectivity index (χ4n) is 5.19. The van der Waals surface area contributed by atoms with E-state index < -0.39 is 0 Å². The molecule has 0 radical (unpaired) electrons. The monoisotopic (exact) mass is 505 g/mol. The molecule has 0 spiro atoms. The molecule has 0 N–H and O–H groups in total. The molecule has 8 heteroatoms. The molecule has 2 aromatic carbocycles. The molecule has 0 aliphatic carbocycles. The maximum absolute atomic E-state index is 13.9. The number of halogens is 1. The fraction of sp³-hybridized carbons (Fsp3) is 0.393. The topological polar surface area (TPSA) is 61.7 Å².